The number of hydrogen-bond acceptors (Lipinski definition) is 11. The number of fused-ring (bicyclic) bond motifs is 1. The molecular weight excluding hydrogens is 777 g/mol. The van der Waals surface area contributed by atoms with E-state index in [0.717, 1.165) is 30.6 Å². The molecular formula is C37H56N10O10S. The normalized spacial score (nSPS) is 18.7. The lowest BCUT2D eigenvalue weighted by Crippen LogP contribution is -2.53. The molecule has 3 rings (SSSR count). The number of nitrogens with one attached hydrogen (secondary N) is 9. The van der Waals surface area contributed by atoms with Gasteiger partial charge in [0.15, 0.2) is 0 Å². The third-order valence-electron chi connectivity index (χ3n) is 9.63. The molecule has 10 amide bonds. The number of carbonyl (C=O) groups is 9. The molecule has 0 radical (unpaired) electrons. The molecule has 2 aliphatic heterocycles. The van der Waals surface area contributed by atoms with E-state index in [2.05, 4.69) is 42.5 Å². The van der Waals surface area contributed by atoms with E-state index >= 15 is 0 Å². The minimum atomic E-state index is -1.12. The molecule has 1 unspecified atom stereocenters. The van der Waals surface area contributed by atoms with Crippen molar-refractivity contribution in [3.8, 4) is 0 Å². The Morgan fingerprint density at radius 3 is 2.19 bits per heavy atom. The standard InChI is InChI=1S/C37H56N10O10S/c1-21(42-35(54)22(2)43-36(55)24(17-29(49)47-57)16-23-10-4-3-5-11-23)34(53)41-18-30(50)40-19-31(51)44-25(33(38)52)12-8-9-15-39-28(48)14-7-6-13-27-32-26(20-58-27)45-37(56)46-32/h3-5,10-11,21-22,24-27,32,57H,6-9,12-20H2,1-2H3,(H2,38,52)(H,39,48)(H,40,50)(H,41,53)(H,42,54)(H,43,55)(H,44,51)(H,47,49)(H2,45,46,56)/t21-,22-,24?,25-,26-,27-,32-/m0/s1. The number of rotatable bonds is 25. The number of urea groups is 1. The summed E-state index contributed by atoms with van der Waals surface area (Å²) in [4.78, 5) is 110. The number of hydrogen-bond donors (Lipinski definition) is 11. The molecule has 320 valence electrons. The number of nitrogens with two attached hydrogens (primary N) is 1. The highest BCUT2D eigenvalue weighted by molar-refractivity contribution is 8.00. The Morgan fingerprint density at radius 2 is 1.48 bits per heavy atom. The van der Waals surface area contributed by atoms with E-state index in [1.54, 1.807) is 30.3 Å². The minimum Gasteiger partial charge on any atom is -0.368 e. The van der Waals surface area contributed by atoms with E-state index in [-0.39, 0.29) is 43.3 Å². The quantitative estimate of drug-likeness (QED) is 0.0221. The molecule has 20 nitrogen and oxygen atoms in total. The SMILES string of the molecule is C[C@H](NC(=O)C(CC(=O)NO)Cc1ccccc1)C(=O)N[C@@H](C)C(=O)NCC(=O)NCC(=O)N[C@@H](CCCCNC(=O)CCCC[C@@H]1SC[C@@H]2NC(=O)N[C@@H]21)C(N)=O. The Hall–Kier alpha value is -5.44. The average Bonchev–Trinajstić information content (AvgIpc) is 3.75. The van der Waals surface area contributed by atoms with E-state index < -0.39 is 78.5 Å². The van der Waals surface area contributed by atoms with Gasteiger partial charge in [0, 0.05) is 30.4 Å². The van der Waals surface area contributed by atoms with Crippen LogP contribution in [0.25, 0.3) is 0 Å². The summed E-state index contributed by atoms with van der Waals surface area (Å²) >= 11 is 1.84. The number of unbranched alkanes of at least 4 members (excludes halogenated alkanes) is 2. The predicted octanol–water partition coefficient (Wildman–Crippen LogP) is -2.03. The van der Waals surface area contributed by atoms with Crippen LogP contribution in [0, 0.1) is 5.92 Å². The molecule has 0 aromatic heterocycles. The Labute approximate surface area is 340 Å². The van der Waals surface area contributed by atoms with E-state index in [1.165, 1.54) is 19.3 Å². The maximum absolute atomic E-state index is 12.9. The summed E-state index contributed by atoms with van der Waals surface area (Å²) in [5, 5.41) is 30.1. The Balaban J connectivity index is 1.26. The van der Waals surface area contributed by atoms with Crippen LogP contribution in [0.1, 0.15) is 70.8 Å². The number of primary amides is 1. The second kappa shape index (κ2) is 24.4. The smallest absolute Gasteiger partial charge is 0.315 e. The van der Waals surface area contributed by atoms with Crippen molar-refractivity contribution >= 4 is 65.1 Å². The lowest BCUT2D eigenvalue weighted by molar-refractivity contribution is -0.136. The second-order valence-corrected chi connectivity index (χ2v) is 15.6. The van der Waals surface area contributed by atoms with Gasteiger partial charge in [0.2, 0.25) is 47.3 Å². The molecule has 0 bridgehead atoms. The monoisotopic (exact) mass is 832 g/mol. The highest BCUT2D eigenvalue weighted by Gasteiger charge is 2.42. The molecule has 2 aliphatic rings. The predicted molar refractivity (Wildman–Crippen MR) is 211 cm³/mol. The largest absolute Gasteiger partial charge is 0.368 e. The van der Waals surface area contributed by atoms with Crippen LogP contribution in [-0.4, -0.2) is 119 Å². The summed E-state index contributed by atoms with van der Waals surface area (Å²) < 4.78 is 0. The first-order valence-corrected chi connectivity index (χ1v) is 20.4. The van der Waals surface area contributed by atoms with Crippen molar-refractivity contribution < 1.29 is 48.4 Å². The van der Waals surface area contributed by atoms with Gasteiger partial charge in [-0.2, -0.15) is 11.8 Å². The van der Waals surface area contributed by atoms with E-state index in [9.17, 15) is 43.2 Å². The number of carbonyl (C=O) groups excluding carboxylic acids is 9. The van der Waals surface area contributed by atoms with Crippen molar-refractivity contribution in [2.75, 3.05) is 25.4 Å². The van der Waals surface area contributed by atoms with Gasteiger partial charge in [-0.15, -0.1) is 0 Å². The van der Waals surface area contributed by atoms with Crippen molar-refractivity contribution in [1.29, 1.82) is 0 Å². The molecule has 0 saturated carbocycles. The Kier molecular flexibility index (Phi) is 19.7. The van der Waals surface area contributed by atoms with Crippen LogP contribution >= 0.6 is 11.8 Å². The minimum absolute atomic E-state index is 0.0767. The fourth-order valence-electron chi connectivity index (χ4n) is 6.38. The van der Waals surface area contributed by atoms with Gasteiger partial charge in [-0.25, -0.2) is 10.3 Å². The zero-order chi connectivity index (χ0) is 42.6. The van der Waals surface area contributed by atoms with Gasteiger partial charge in [-0.05, 0) is 57.9 Å². The maximum atomic E-state index is 12.9. The molecule has 0 spiro atoms. The van der Waals surface area contributed by atoms with Crippen molar-refractivity contribution in [3.05, 3.63) is 35.9 Å². The van der Waals surface area contributed by atoms with Gasteiger partial charge < -0.3 is 48.3 Å². The van der Waals surface area contributed by atoms with Gasteiger partial charge in [0.1, 0.15) is 18.1 Å². The van der Waals surface area contributed by atoms with Crippen LogP contribution in [0.15, 0.2) is 30.3 Å². The van der Waals surface area contributed by atoms with Crippen molar-refractivity contribution in [2.24, 2.45) is 11.7 Å². The molecule has 2 fully saturated rings. The molecule has 7 atom stereocenters. The summed E-state index contributed by atoms with van der Waals surface area (Å²) in [7, 11) is 0. The van der Waals surface area contributed by atoms with E-state index in [0.29, 0.717) is 31.1 Å². The lowest BCUT2D eigenvalue weighted by Gasteiger charge is -2.21. The van der Waals surface area contributed by atoms with Gasteiger partial charge in [0.25, 0.3) is 0 Å². The molecule has 12 N–H and O–H groups in total. The number of hydroxylamine groups is 1. The first-order valence-electron chi connectivity index (χ1n) is 19.3. The first kappa shape index (κ1) is 46.9. The molecule has 2 heterocycles. The third-order valence-corrected chi connectivity index (χ3v) is 11.1. The van der Waals surface area contributed by atoms with Crippen LogP contribution in [0.4, 0.5) is 4.79 Å². The molecule has 1 aromatic carbocycles. The van der Waals surface area contributed by atoms with Crippen LogP contribution in [0.2, 0.25) is 0 Å². The zero-order valence-electron chi connectivity index (χ0n) is 32.7. The summed E-state index contributed by atoms with van der Waals surface area (Å²) in [5.41, 5.74) is 7.70. The molecule has 21 heteroatoms. The van der Waals surface area contributed by atoms with Crippen LogP contribution in [0.5, 0.6) is 0 Å². The number of thioether (sulfide) groups is 1. The first-order chi connectivity index (χ1) is 27.7. The lowest BCUT2D eigenvalue weighted by atomic mass is 9.94. The highest BCUT2D eigenvalue weighted by Crippen LogP contribution is 2.33. The zero-order valence-corrected chi connectivity index (χ0v) is 33.5. The summed E-state index contributed by atoms with van der Waals surface area (Å²) in [6.07, 6.45) is 3.97. The molecule has 58 heavy (non-hydrogen) atoms. The van der Waals surface area contributed by atoms with Crippen molar-refractivity contribution in [2.45, 2.75) is 107 Å². The van der Waals surface area contributed by atoms with Gasteiger partial charge in [0.05, 0.1) is 31.1 Å². The average molecular weight is 833 g/mol. The van der Waals surface area contributed by atoms with Crippen LogP contribution in [-0.2, 0) is 44.8 Å². The summed E-state index contributed by atoms with van der Waals surface area (Å²) in [6, 6.07) is 5.83. The highest BCUT2D eigenvalue weighted by atomic mass is 32.2. The topological polar surface area (TPSA) is 308 Å². The van der Waals surface area contributed by atoms with Crippen LogP contribution in [0.3, 0.4) is 0 Å². The van der Waals surface area contributed by atoms with Gasteiger partial charge >= 0.3 is 6.03 Å². The van der Waals surface area contributed by atoms with Gasteiger partial charge in [-0.1, -0.05) is 36.8 Å². The molecule has 2 saturated heterocycles. The number of amides is 10. The fraction of sp³-hybridized carbons (Fsp3) is 0.595. The van der Waals surface area contributed by atoms with Crippen LogP contribution < -0.4 is 53.7 Å². The summed E-state index contributed by atoms with van der Waals surface area (Å²) in [5.74, 6) is -5.10. The van der Waals surface area contributed by atoms with Gasteiger partial charge in [-0.3, -0.25) is 43.6 Å². The second-order valence-electron chi connectivity index (χ2n) is 14.3. The molecule has 0 aliphatic carbocycles. The Morgan fingerprint density at radius 1 is 0.793 bits per heavy atom. The fourth-order valence-corrected chi connectivity index (χ4v) is 7.93. The maximum Gasteiger partial charge on any atom is 0.315 e. The van der Waals surface area contributed by atoms with Crippen molar-refractivity contribution in [1.82, 2.24) is 48.0 Å². The summed E-state index contributed by atoms with van der Waals surface area (Å²) in [6.45, 7) is 2.10. The van der Waals surface area contributed by atoms with E-state index in [1.807, 2.05) is 11.8 Å². The number of benzene rings is 1. The Bertz CT molecular complexity index is 1620. The van der Waals surface area contributed by atoms with E-state index in [4.69, 9.17) is 10.9 Å². The van der Waals surface area contributed by atoms with Crippen molar-refractivity contribution in [3.63, 3.8) is 0 Å². The third kappa shape index (κ3) is 16.6. The molecule has 1 aromatic rings.